The normalized spacial score (nSPS) is 12.5. The molecule has 1 atom stereocenters. The van der Waals surface area contributed by atoms with Gasteiger partial charge in [-0.3, -0.25) is 0 Å². The molecule has 19 heavy (non-hydrogen) atoms. The standard InChI is InChI=1S/C13H12N4OS/c1-9-13(19-16-15-9)12(18)11-7-8-14-17(11)10-5-3-2-4-6-10/h2-8,12,18H,1H3. The van der Waals surface area contributed by atoms with Crippen LogP contribution in [0, 0.1) is 6.92 Å². The van der Waals surface area contributed by atoms with Gasteiger partial charge in [0, 0.05) is 6.20 Å². The molecule has 5 nitrogen and oxygen atoms in total. The van der Waals surface area contributed by atoms with Crippen LogP contribution in [0.15, 0.2) is 42.6 Å². The van der Waals surface area contributed by atoms with E-state index < -0.39 is 6.10 Å². The van der Waals surface area contributed by atoms with Gasteiger partial charge in [-0.05, 0) is 36.7 Å². The molecule has 1 N–H and O–H groups in total. The maximum Gasteiger partial charge on any atom is 0.134 e. The van der Waals surface area contributed by atoms with E-state index in [0.29, 0.717) is 5.69 Å². The lowest BCUT2D eigenvalue weighted by atomic mass is 10.2. The molecule has 6 heteroatoms. The minimum absolute atomic E-state index is 0.709. The molecule has 1 unspecified atom stereocenters. The van der Waals surface area contributed by atoms with Crippen LogP contribution in [0.5, 0.6) is 0 Å². The topological polar surface area (TPSA) is 63.8 Å². The van der Waals surface area contributed by atoms with Gasteiger partial charge in [-0.1, -0.05) is 22.7 Å². The fourth-order valence-corrected chi connectivity index (χ4v) is 2.57. The quantitative estimate of drug-likeness (QED) is 0.793. The van der Waals surface area contributed by atoms with Gasteiger partial charge in [0.25, 0.3) is 0 Å². The van der Waals surface area contributed by atoms with Crippen LogP contribution in [0.4, 0.5) is 0 Å². The van der Waals surface area contributed by atoms with E-state index >= 15 is 0 Å². The van der Waals surface area contributed by atoms with Gasteiger partial charge in [0.1, 0.15) is 6.10 Å². The molecule has 0 saturated carbocycles. The molecule has 2 heterocycles. The Morgan fingerprint density at radius 2 is 2.00 bits per heavy atom. The minimum atomic E-state index is -0.761. The summed E-state index contributed by atoms with van der Waals surface area (Å²) in [6.07, 6.45) is 0.915. The molecular weight excluding hydrogens is 260 g/mol. The first kappa shape index (κ1) is 12.0. The van der Waals surface area contributed by atoms with E-state index in [-0.39, 0.29) is 0 Å². The molecule has 0 saturated heterocycles. The molecule has 3 aromatic rings. The SMILES string of the molecule is Cc1nnsc1C(O)c1ccnn1-c1ccccc1. The zero-order valence-electron chi connectivity index (χ0n) is 10.3. The summed E-state index contributed by atoms with van der Waals surface area (Å²) < 4.78 is 5.58. The molecule has 0 bridgehead atoms. The van der Waals surface area contributed by atoms with Crippen molar-refractivity contribution >= 4 is 11.5 Å². The second-order valence-electron chi connectivity index (χ2n) is 4.13. The van der Waals surface area contributed by atoms with Gasteiger partial charge in [-0.25, -0.2) is 4.68 Å². The maximum absolute atomic E-state index is 10.5. The van der Waals surface area contributed by atoms with E-state index in [4.69, 9.17) is 0 Å². The van der Waals surface area contributed by atoms with E-state index in [9.17, 15) is 5.11 Å². The third-order valence-electron chi connectivity index (χ3n) is 2.89. The molecular formula is C13H12N4OS. The highest BCUT2D eigenvalue weighted by Gasteiger charge is 2.20. The second-order valence-corrected chi connectivity index (χ2v) is 4.91. The van der Waals surface area contributed by atoms with Gasteiger partial charge in [-0.2, -0.15) is 5.10 Å². The third-order valence-corrected chi connectivity index (χ3v) is 3.77. The first-order valence-electron chi connectivity index (χ1n) is 5.83. The Hall–Kier alpha value is -2.05. The van der Waals surface area contributed by atoms with Gasteiger partial charge >= 0.3 is 0 Å². The molecule has 0 aliphatic heterocycles. The number of rotatable bonds is 3. The summed E-state index contributed by atoms with van der Waals surface area (Å²) in [5, 5.41) is 18.7. The molecule has 0 fully saturated rings. The molecule has 1 aromatic carbocycles. The zero-order chi connectivity index (χ0) is 13.2. The average Bonchev–Trinajstić information content (AvgIpc) is 3.07. The van der Waals surface area contributed by atoms with Crippen molar-refractivity contribution in [2.75, 3.05) is 0 Å². The molecule has 96 valence electrons. The molecule has 3 rings (SSSR count). The van der Waals surface area contributed by atoms with Crippen molar-refractivity contribution < 1.29 is 5.11 Å². The van der Waals surface area contributed by atoms with Gasteiger partial charge in [-0.15, -0.1) is 5.10 Å². The number of para-hydroxylation sites is 1. The van der Waals surface area contributed by atoms with Crippen molar-refractivity contribution in [2.24, 2.45) is 0 Å². The number of aliphatic hydroxyl groups excluding tert-OH is 1. The summed E-state index contributed by atoms with van der Waals surface area (Å²) in [6, 6.07) is 11.5. The number of hydrogen-bond donors (Lipinski definition) is 1. The molecule has 0 amide bonds. The lowest BCUT2D eigenvalue weighted by Crippen LogP contribution is -2.08. The first-order chi connectivity index (χ1) is 9.27. The molecule has 0 spiro atoms. The summed E-state index contributed by atoms with van der Waals surface area (Å²) in [5.41, 5.74) is 2.37. The second kappa shape index (κ2) is 4.91. The Balaban J connectivity index is 2.04. The highest BCUT2D eigenvalue weighted by molar-refractivity contribution is 7.05. The molecule has 0 radical (unpaired) electrons. The van der Waals surface area contributed by atoms with E-state index in [0.717, 1.165) is 16.3 Å². The van der Waals surface area contributed by atoms with Crippen LogP contribution in [-0.4, -0.2) is 24.5 Å². The third kappa shape index (κ3) is 2.16. The fourth-order valence-electron chi connectivity index (χ4n) is 1.93. The maximum atomic E-state index is 10.5. The van der Waals surface area contributed by atoms with Gasteiger partial charge < -0.3 is 5.11 Å². The molecule has 0 aliphatic carbocycles. The Labute approximate surface area is 114 Å². The Kier molecular flexibility index (Phi) is 3.10. The van der Waals surface area contributed by atoms with Crippen molar-refractivity contribution in [1.82, 2.24) is 19.4 Å². The summed E-state index contributed by atoms with van der Waals surface area (Å²) in [6.45, 7) is 1.84. The largest absolute Gasteiger partial charge is 0.381 e. The summed E-state index contributed by atoms with van der Waals surface area (Å²) in [4.78, 5) is 0.748. The van der Waals surface area contributed by atoms with Crippen LogP contribution >= 0.6 is 11.5 Å². The fraction of sp³-hybridized carbons (Fsp3) is 0.154. The Bertz CT molecular complexity index is 677. The predicted octanol–water partition coefficient (Wildman–Crippen LogP) is 2.11. The van der Waals surface area contributed by atoms with Crippen molar-refractivity contribution in [1.29, 1.82) is 0 Å². The van der Waals surface area contributed by atoms with E-state index in [1.165, 1.54) is 11.5 Å². The van der Waals surface area contributed by atoms with Crippen molar-refractivity contribution in [3.05, 3.63) is 58.9 Å². The number of benzene rings is 1. The number of hydrogen-bond acceptors (Lipinski definition) is 5. The zero-order valence-corrected chi connectivity index (χ0v) is 11.1. The highest BCUT2D eigenvalue weighted by atomic mass is 32.1. The molecule has 2 aromatic heterocycles. The van der Waals surface area contributed by atoms with Crippen molar-refractivity contribution in [2.45, 2.75) is 13.0 Å². The number of nitrogens with zero attached hydrogens (tertiary/aromatic N) is 4. The summed E-state index contributed by atoms with van der Waals surface area (Å²) in [5.74, 6) is 0. The lowest BCUT2D eigenvalue weighted by molar-refractivity contribution is 0.215. The monoisotopic (exact) mass is 272 g/mol. The lowest BCUT2D eigenvalue weighted by Gasteiger charge is -2.12. The number of aliphatic hydroxyl groups is 1. The molecule has 0 aliphatic rings. The predicted molar refractivity (Wildman–Crippen MR) is 72.3 cm³/mol. The first-order valence-corrected chi connectivity index (χ1v) is 6.61. The smallest absolute Gasteiger partial charge is 0.134 e. The van der Waals surface area contributed by atoms with Crippen molar-refractivity contribution in [3.8, 4) is 5.69 Å². The highest BCUT2D eigenvalue weighted by Crippen LogP contribution is 2.27. The van der Waals surface area contributed by atoms with Crippen LogP contribution in [0.1, 0.15) is 22.4 Å². The van der Waals surface area contributed by atoms with Crippen LogP contribution in [0.25, 0.3) is 5.69 Å². The Morgan fingerprint density at radius 3 is 2.68 bits per heavy atom. The van der Waals surface area contributed by atoms with E-state index in [1.54, 1.807) is 16.9 Å². The summed E-state index contributed by atoms with van der Waals surface area (Å²) in [7, 11) is 0. The van der Waals surface area contributed by atoms with Gasteiger partial charge in [0.05, 0.1) is 22.0 Å². The van der Waals surface area contributed by atoms with Crippen LogP contribution < -0.4 is 0 Å². The minimum Gasteiger partial charge on any atom is -0.381 e. The van der Waals surface area contributed by atoms with Crippen LogP contribution in [0.3, 0.4) is 0 Å². The van der Waals surface area contributed by atoms with E-state index in [1.807, 2.05) is 37.3 Å². The van der Waals surface area contributed by atoms with Crippen LogP contribution in [-0.2, 0) is 0 Å². The average molecular weight is 272 g/mol. The van der Waals surface area contributed by atoms with Crippen molar-refractivity contribution in [3.63, 3.8) is 0 Å². The van der Waals surface area contributed by atoms with Gasteiger partial charge in [0.2, 0.25) is 0 Å². The number of aromatic nitrogens is 4. The van der Waals surface area contributed by atoms with Crippen LogP contribution in [0.2, 0.25) is 0 Å². The summed E-state index contributed by atoms with van der Waals surface area (Å²) >= 11 is 1.21. The van der Waals surface area contributed by atoms with E-state index in [2.05, 4.69) is 14.7 Å². The Morgan fingerprint density at radius 1 is 1.21 bits per heavy atom. The van der Waals surface area contributed by atoms with Gasteiger partial charge in [0.15, 0.2) is 0 Å². The number of aryl methyl sites for hydroxylation is 1.